The number of benzene rings is 1. The van der Waals surface area contributed by atoms with Crippen LogP contribution in [0.4, 0.5) is 18.9 Å². The molecule has 2 N–H and O–H groups in total. The van der Waals surface area contributed by atoms with Crippen LogP contribution < -0.4 is 10.6 Å². The van der Waals surface area contributed by atoms with E-state index in [0.29, 0.717) is 12.2 Å². The van der Waals surface area contributed by atoms with Crippen LogP contribution in [-0.4, -0.2) is 19.0 Å². The van der Waals surface area contributed by atoms with Gasteiger partial charge in [0.05, 0.1) is 5.56 Å². The predicted molar refractivity (Wildman–Crippen MR) is 70.9 cm³/mol. The van der Waals surface area contributed by atoms with Gasteiger partial charge in [0.2, 0.25) is 5.91 Å². The van der Waals surface area contributed by atoms with Crippen molar-refractivity contribution in [1.29, 1.82) is 0 Å². The molecule has 1 aromatic carbocycles. The second kappa shape index (κ2) is 6.79. The predicted octanol–water partition coefficient (Wildman–Crippen LogP) is 3.41. The van der Waals surface area contributed by atoms with Gasteiger partial charge in [-0.25, -0.2) is 0 Å². The number of hydrogen-bond acceptors (Lipinski definition) is 2. The zero-order chi connectivity index (χ0) is 14.5. The van der Waals surface area contributed by atoms with Crippen LogP contribution in [0, 0.1) is 0 Å². The van der Waals surface area contributed by atoms with Crippen LogP contribution in [-0.2, 0) is 11.0 Å². The Bertz CT molecular complexity index is 449. The molecular weight excluding hydrogens is 325 g/mol. The zero-order valence-electron chi connectivity index (χ0n) is 10.3. The Morgan fingerprint density at radius 1 is 1.37 bits per heavy atom. The number of nitrogens with one attached hydrogen (secondary N) is 2. The van der Waals surface area contributed by atoms with Crippen molar-refractivity contribution in [3.8, 4) is 0 Å². The summed E-state index contributed by atoms with van der Waals surface area (Å²) in [5, 5.41) is 5.40. The Hall–Kier alpha value is -1.24. The van der Waals surface area contributed by atoms with Crippen molar-refractivity contribution in [2.24, 2.45) is 0 Å². The van der Waals surface area contributed by atoms with Gasteiger partial charge in [-0.15, -0.1) is 0 Å². The third kappa shape index (κ3) is 5.10. The van der Waals surface area contributed by atoms with Gasteiger partial charge in [0.25, 0.3) is 0 Å². The Morgan fingerprint density at radius 2 is 2.05 bits per heavy atom. The average Bonchev–Trinajstić information content (AvgIpc) is 2.30. The maximum atomic E-state index is 12.7. The van der Waals surface area contributed by atoms with Crippen molar-refractivity contribution < 1.29 is 18.0 Å². The molecule has 3 nitrogen and oxygen atoms in total. The minimum absolute atomic E-state index is 0.00530. The summed E-state index contributed by atoms with van der Waals surface area (Å²) in [4.78, 5) is 11.2. The normalized spacial score (nSPS) is 11.2. The van der Waals surface area contributed by atoms with Gasteiger partial charge in [-0.2, -0.15) is 13.2 Å². The first-order chi connectivity index (χ1) is 8.84. The van der Waals surface area contributed by atoms with E-state index < -0.39 is 11.7 Å². The highest BCUT2D eigenvalue weighted by Crippen LogP contribution is 2.36. The number of rotatable bonds is 5. The number of hydrogen-bond donors (Lipinski definition) is 2. The molecule has 7 heteroatoms. The summed E-state index contributed by atoms with van der Waals surface area (Å²) in [6, 6.07) is 3.87. The minimum Gasteiger partial charge on any atom is -0.385 e. The van der Waals surface area contributed by atoms with Crippen LogP contribution in [0.15, 0.2) is 22.7 Å². The number of amides is 1. The molecule has 0 aliphatic rings. The molecule has 0 aromatic heterocycles. The van der Waals surface area contributed by atoms with Crippen LogP contribution >= 0.6 is 15.9 Å². The van der Waals surface area contributed by atoms with Crippen LogP contribution in [0.2, 0.25) is 0 Å². The molecule has 0 fully saturated rings. The molecule has 1 amide bonds. The first-order valence-electron chi connectivity index (χ1n) is 5.72. The number of carbonyl (C=O) groups is 1. The maximum Gasteiger partial charge on any atom is 0.417 e. The summed E-state index contributed by atoms with van der Waals surface area (Å²) in [7, 11) is 0. The highest BCUT2D eigenvalue weighted by atomic mass is 79.9. The fourth-order valence-electron chi connectivity index (χ4n) is 1.46. The first-order valence-corrected chi connectivity index (χ1v) is 6.51. The average molecular weight is 339 g/mol. The first kappa shape index (κ1) is 15.8. The monoisotopic (exact) mass is 338 g/mol. The molecule has 106 valence electrons. The second-order valence-corrected chi connectivity index (χ2v) is 4.68. The van der Waals surface area contributed by atoms with E-state index in [2.05, 4.69) is 26.6 Å². The summed E-state index contributed by atoms with van der Waals surface area (Å²) in [6.45, 7) is 2.62. The molecule has 0 saturated heterocycles. The summed E-state index contributed by atoms with van der Waals surface area (Å²) in [6.07, 6.45) is -4.19. The number of alkyl halides is 3. The van der Waals surface area contributed by atoms with E-state index in [1.807, 2.05) is 0 Å². The SMILES string of the molecule is CCNC(=O)CCNc1ccc(Br)c(C(F)(F)F)c1. The Kier molecular flexibility index (Phi) is 5.65. The zero-order valence-corrected chi connectivity index (χ0v) is 11.9. The van der Waals surface area contributed by atoms with E-state index in [1.54, 1.807) is 6.92 Å². The van der Waals surface area contributed by atoms with Gasteiger partial charge in [-0.1, -0.05) is 15.9 Å². The van der Waals surface area contributed by atoms with Crippen molar-refractivity contribution in [2.45, 2.75) is 19.5 Å². The van der Waals surface area contributed by atoms with Crippen molar-refractivity contribution in [2.75, 3.05) is 18.4 Å². The quantitative estimate of drug-likeness (QED) is 0.863. The lowest BCUT2D eigenvalue weighted by molar-refractivity contribution is -0.138. The molecule has 0 unspecified atom stereocenters. The number of halogens is 4. The van der Waals surface area contributed by atoms with Gasteiger partial charge in [0, 0.05) is 29.7 Å². The lowest BCUT2D eigenvalue weighted by atomic mass is 10.2. The van der Waals surface area contributed by atoms with Crippen molar-refractivity contribution >= 4 is 27.5 Å². The van der Waals surface area contributed by atoms with E-state index in [4.69, 9.17) is 0 Å². The van der Waals surface area contributed by atoms with Crippen LogP contribution in [0.3, 0.4) is 0 Å². The summed E-state index contributed by atoms with van der Waals surface area (Å²) >= 11 is 2.87. The highest BCUT2D eigenvalue weighted by Gasteiger charge is 2.33. The van der Waals surface area contributed by atoms with Gasteiger partial charge < -0.3 is 10.6 Å². The largest absolute Gasteiger partial charge is 0.417 e. The van der Waals surface area contributed by atoms with E-state index in [1.165, 1.54) is 12.1 Å². The number of anilines is 1. The third-order valence-electron chi connectivity index (χ3n) is 2.33. The minimum atomic E-state index is -4.41. The molecule has 0 atom stereocenters. The van der Waals surface area contributed by atoms with Crippen LogP contribution in [0.1, 0.15) is 18.9 Å². The van der Waals surface area contributed by atoms with E-state index in [0.717, 1.165) is 6.07 Å². The lowest BCUT2D eigenvalue weighted by Gasteiger charge is -2.12. The molecular formula is C12H14BrF3N2O. The third-order valence-corrected chi connectivity index (χ3v) is 3.02. The molecule has 19 heavy (non-hydrogen) atoms. The second-order valence-electron chi connectivity index (χ2n) is 3.82. The Balaban J connectivity index is 2.63. The van der Waals surface area contributed by atoms with E-state index in [9.17, 15) is 18.0 Å². The Labute approximate surface area is 117 Å². The molecule has 0 radical (unpaired) electrons. The summed E-state index contributed by atoms with van der Waals surface area (Å²) in [5.41, 5.74) is -0.407. The molecule has 1 aromatic rings. The van der Waals surface area contributed by atoms with Crippen molar-refractivity contribution in [1.82, 2.24) is 5.32 Å². The fraction of sp³-hybridized carbons (Fsp3) is 0.417. The fourth-order valence-corrected chi connectivity index (χ4v) is 1.93. The molecule has 0 aliphatic heterocycles. The summed E-state index contributed by atoms with van der Waals surface area (Å²) in [5.74, 6) is -0.136. The van der Waals surface area contributed by atoms with Gasteiger partial charge in [0.1, 0.15) is 0 Å². The molecule has 0 bridgehead atoms. The molecule has 0 saturated carbocycles. The summed E-state index contributed by atoms with van der Waals surface area (Å²) < 4.78 is 38.0. The van der Waals surface area contributed by atoms with E-state index in [-0.39, 0.29) is 23.3 Å². The van der Waals surface area contributed by atoms with Crippen molar-refractivity contribution in [3.05, 3.63) is 28.2 Å². The highest BCUT2D eigenvalue weighted by molar-refractivity contribution is 9.10. The molecule has 0 spiro atoms. The van der Waals surface area contributed by atoms with Crippen molar-refractivity contribution in [3.63, 3.8) is 0 Å². The smallest absolute Gasteiger partial charge is 0.385 e. The molecule has 1 rings (SSSR count). The van der Waals surface area contributed by atoms with Gasteiger partial charge in [0.15, 0.2) is 0 Å². The lowest BCUT2D eigenvalue weighted by Crippen LogP contribution is -2.24. The maximum absolute atomic E-state index is 12.7. The molecule has 0 heterocycles. The Morgan fingerprint density at radius 3 is 2.63 bits per heavy atom. The van der Waals surface area contributed by atoms with Gasteiger partial charge in [-0.05, 0) is 25.1 Å². The van der Waals surface area contributed by atoms with Gasteiger partial charge >= 0.3 is 6.18 Å². The molecule has 0 aliphatic carbocycles. The van der Waals surface area contributed by atoms with Gasteiger partial charge in [-0.3, -0.25) is 4.79 Å². The topological polar surface area (TPSA) is 41.1 Å². The van der Waals surface area contributed by atoms with Crippen LogP contribution in [0.5, 0.6) is 0 Å². The van der Waals surface area contributed by atoms with E-state index >= 15 is 0 Å². The number of carbonyl (C=O) groups excluding carboxylic acids is 1. The van der Waals surface area contributed by atoms with Crippen LogP contribution in [0.25, 0.3) is 0 Å². The standard InChI is InChI=1S/C12H14BrF3N2O/c1-2-17-11(19)5-6-18-8-3-4-10(13)9(7-8)12(14,15)16/h3-4,7,18H,2,5-6H2,1H3,(H,17,19).